The molecule has 0 unspecified atom stereocenters. The third-order valence-electron chi connectivity index (χ3n) is 2.46. The predicted octanol–water partition coefficient (Wildman–Crippen LogP) is 4.19. The number of benzene rings is 2. The van der Waals surface area contributed by atoms with Crippen LogP contribution < -0.4 is 0 Å². The largest absolute Gasteiger partial charge is 0.391 e. The van der Waals surface area contributed by atoms with Gasteiger partial charge in [-0.2, -0.15) is 0 Å². The third-order valence-corrected chi connectivity index (χ3v) is 2.99. The Labute approximate surface area is 115 Å². The Morgan fingerprint density at radius 3 is 2.39 bits per heavy atom. The Morgan fingerprint density at radius 1 is 0.944 bits per heavy atom. The maximum Gasteiger partial charge on any atom is 0.142 e. The smallest absolute Gasteiger partial charge is 0.142 e. The minimum atomic E-state index is 0.512. The molecule has 2 nitrogen and oxygen atoms in total. The number of hydrogen-bond acceptors (Lipinski definition) is 2. The van der Waals surface area contributed by atoms with Gasteiger partial charge in [-0.25, -0.2) is 0 Å². The highest BCUT2D eigenvalue weighted by molar-refractivity contribution is 9.10. The van der Waals surface area contributed by atoms with Crippen LogP contribution in [-0.2, 0) is 17.9 Å². The molecular formula is C15H14BrNO. The van der Waals surface area contributed by atoms with E-state index in [1.54, 1.807) is 6.21 Å². The highest BCUT2D eigenvalue weighted by Gasteiger charge is 1.91. The molecule has 2 aromatic rings. The Hall–Kier alpha value is -1.61. The molecule has 0 bridgehead atoms. The number of hydrogen-bond donors (Lipinski definition) is 0. The minimum Gasteiger partial charge on any atom is -0.391 e. The van der Waals surface area contributed by atoms with Crippen molar-refractivity contribution in [1.82, 2.24) is 0 Å². The number of halogens is 1. The molecule has 0 spiro atoms. The van der Waals surface area contributed by atoms with Crippen LogP contribution in [0.5, 0.6) is 0 Å². The maximum atomic E-state index is 5.23. The third kappa shape index (κ3) is 4.34. The van der Waals surface area contributed by atoms with Gasteiger partial charge in [0.1, 0.15) is 6.61 Å². The lowest BCUT2D eigenvalue weighted by atomic mass is 10.2. The fourth-order valence-corrected chi connectivity index (χ4v) is 1.77. The van der Waals surface area contributed by atoms with Crippen molar-refractivity contribution in [3.8, 4) is 0 Å². The van der Waals surface area contributed by atoms with Crippen molar-refractivity contribution in [1.29, 1.82) is 0 Å². The maximum absolute atomic E-state index is 5.23. The number of rotatable bonds is 5. The van der Waals surface area contributed by atoms with E-state index >= 15 is 0 Å². The van der Waals surface area contributed by atoms with E-state index in [9.17, 15) is 0 Å². The van der Waals surface area contributed by atoms with Crippen LogP contribution in [0.4, 0.5) is 0 Å². The molecule has 18 heavy (non-hydrogen) atoms. The molecule has 0 radical (unpaired) electrons. The van der Waals surface area contributed by atoms with Crippen molar-refractivity contribution in [2.24, 2.45) is 5.16 Å². The fraction of sp³-hybridized carbons (Fsp3) is 0.133. The average molecular weight is 304 g/mol. The summed E-state index contributed by atoms with van der Waals surface area (Å²) in [6.45, 7) is 0.512. The highest BCUT2D eigenvalue weighted by atomic mass is 79.9. The van der Waals surface area contributed by atoms with Gasteiger partial charge in [0.05, 0.1) is 0 Å². The van der Waals surface area contributed by atoms with E-state index in [0.29, 0.717) is 6.61 Å². The normalized spacial score (nSPS) is 10.7. The zero-order valence-corrected chi connectivity index (χ0v) is 11.5. The first-order valence-electron chi connectivity index (χ1n) is 5.77. The zero-order chi connectivity index (χ0) is 12.6. The molecule has 0 aromatic heterocycles. The van der Waals surface area contributed by atoms with Gasteiger partial charge in [-0.05, 0) is 23.3 Å². The molecule has 0 aliphatic rings. The molecule has 0 atom stereocenters. The topological polar surface area (TPSA) is 21.6 Å². The van der Waals surface area contributed by atoms with E-state index in [1.165, 1.54) is 5.56 Å². The molecule has 0 saturated heterocycles. The lowest BCUT2D eigenvalue weighted by molar-refractivity contribution is 0.131. The molecule has 0 heterocycles. The summed E-state index contributed by atoms with van der Waals surface area (Å²) in [5.74, 6) is 0. The summed E-state index contributed by atoms with van der Waals surface area (Å²) in [7, 11) is 0. The summed E-state index contributed by atoms with van der Waals surface area (Å²) in [6, 6.07) is 18.2. The lowest BCUT2D eigenvalue weighted by Gasteiger charge is -1.99. The van der Waals surface area contributed by atoms with E-state index in [1.807, 2.05) is 42.5 Å². The van der Waals surface area contributed by atoms with E-state index in [2.05, 4.69) is 33.2 Å². The van der Waals surface area contributed by atoms with Crippen LogP contribution in [0.2, 0.25) is 0 Å². The monoisotopic (exact) mass is 303 g/mol. The van der Waals surface area contributed by atoms with Crippen molar-refractivity contribution >= 4 is 22.1 Å². The van der Waals surface area contributed by atoms with Gasteiger partial charge in [0, 0.05) is 17.1 Å². The van der Waals surface area contributed by atoms with Crippen molar-refractivity contribution in [2.75, 3.05) is 0 Å². The molecule has 0 N–H and O–H groups in total. The van der Waals surface area contributed by atoms with Crippen LogP contribution >= 0.6 is 15.9 Å². The molecule has 2 aromatic carbocycles. The molecule has 0 aliphatic carbocycles. The molecule has 0 fully saturated rings. The summed E-state index contributed by atoms with van der Waals surface area (Å²) in [6.07, 6.45) is 2.56. The number of nitrogens with zero attached hydrogens (tertiary/aromatic N) is 1. The van der Waals surface area contributed by atoms with Crippen molar-refractivity contribution in [2.45, 2.75) is 13.0 Å². The Morgan fingerprint density at radius 2 is 1.67 bits per heavy atom. The molecule has 92 valence electrons. The Balaban J connectivity index is 1.74. The van der Waals surface area contributed by atoms with Crippen LogP contribution in [0.25, 0.3) is 0 Å². The van der Waals surface area contributed by atoms with Gasteiger partial charge >= 0.3 is 0 Å². The number of oxime groups is 1. The molecule has 0 amide bonds. The fourth-order valence-electron chi connectivity index (χ4n) is 1.50. The van der Waals surface area contributed by atoms with Crippen LogP contribution in [0.15, 0.2) is 64.2 Å². The summed E-state index contributed by atoms with van der Waals surface area (Å²) in [5.41, 5.74) is 2.34. The molecule has 3 heteroatoms. The van der Waals surface area contributed by atoms with Gasteiger partial charge in [0.15, 0.2) is 0 Å². The van der Waals surface area contributed by atoms with Gasteiger partial charge in [0.2, 0.25) is 0 Å². The van der Waals surface area contributed by atoms with Crippen LogP contribution in [0.3, 0.4) is 0 Å². The van der Waals surface area contributed by atoms with Gasteiger partial charge < -0.3 is 4.84 Å². The highest BCUT2D eigenvalue weighted by Crippen LogP contribution is 2.10. The Kier molecular flexibility index (Phi) is 4.97. The molecule has 0 saturated carbocycles. The quantitative estimate of drug-likeness (QED) is 0.599. The second kappa shape index (κ2) is 6.97. The van der Waals surface area contributed by atoms with E-state index in [0.717, 1.165) is 16.5 Å². The van der Waals surface area contributed by atoms with Crippen molar-refractivity contribution in [3.05, 3.63) is 70.2 Å². The SMILES string of the molecule is Brc1ccc(C/C=N/OCc2ccccc2)cc1. The van der Waals surface area contributed by atoms with Gasteiger partial charge in [-0.3, -0.25) is 0 Å². The predicted molar refractivity (Wildman–Crippen MR) is 77.6 cm³/mol. The Bertz CT molecular complexity index is 494. The minimum absolute atomic E-state index is 0.512. The van der Waals surface area contributed by atoms with Gasteiger partial charge in [-0.1, -0.05) is 63.6 Å². The van der Waals surface area contributed by atoms with Crippen molar-refractivity contribution < 1.29 is 4.84 Å². The van der Waals surface area contributed by atoms with E-state index in [-0.39, 0.29) is 0 Å². The standard InChI is InChI=1S/C15H14BrNO/c16-15-8-6-13(7-9-15)10-11-17-18-12-14-4-2-1-3-5-14/h1-9,11H,10,12H2/b17-11+. The van der Waals surface area contributed by atoms with Gasteiger partial charge in [-0.15, -0.1) is 0 Å². The second-order valence-corrected chi connectivity index (χ2v) is 4.79. The summed E-state index contributed by atoms with van der Waals surface area (Å²) < 4.78 is 1.09. The second-order valence-electron chi connectivity index (χ2n) is 3.88. The first-order valence-corrected chi connectivity index (χ1v) is 6.56. The zero-order valence-electron chi connectivity index (χ0n) is 9.92. The summed E-state index contributed by atoms with van der Waals surface area (Å²) in [5, 5.41) is 3.95. The van der Waals surface area contributed by atoms with Crippen LogP contribution in [0.1, 0.15) is 11.1 Å². The van der Waals surface area contributed by atoms with Gasteiger partial charge in [0.25, 0.3) is 0 Å². The first kappa shape index (κ1) is 12.8. The molecule has 2 rings (SSSR count). The molecular weight excluding hydrogens is 290 g/mol. The van der Waals surface area contributed by atoms with Crippen LogP contribution in [0, 0.1) is 0 Å². The van der Waals surface area contributed by atoms with Crippen molar-refractivity contribution in [3.63, 3.8) is 0 Å². The molecule has 0 aliphatic heterocycles. The van der Waals surface area contributed by atoms with Crippen LogP contribution in [-0.4, -0.2) is 6.21 Å². The lowest BCUT2D eigenvalue weighted by Crippen LogP contribution is -1.89. The van der Waals surface area contributed by atoms with E-state index < -0.39 is 0 Å². The average Bonchev–Trinajstić information content (AvgIpc) is 2.42. The summed E-state index contributed by atoms with van der Waals surface area (Å²) >= 11 is 3.41. The first-order chi connectivity index (χ1) is 8.84. The summed E-state index contributed by atoms with van der Waals surface area (Å²) in [4.78, 5) is 5.23. The van der Waals surface area contributed by atoms with E-state index in [4.69, 9.17) is 4.84 Å².